The molecule has 3 heteroatoms. The third kappa shape index (κ3) is 2.95. The van der Waals surface area contributed by atoms with Crippen LogP contribution in [-0.2, 0) is 11.8 Å². The molecule has 0 spiro atoms. The average Bonchev–Trinajstić information content (AvgIpc) is 1.38. The Labute approximate surface area is 35.8 Å². The van der Waals surface area contributed by atoms with Gasteiger partial charge in [-0.25, -0.2) is 0 Å². The van der Waals surface area contributed by atoms with Gasteiger partial charge in [-0.2, -0.15) is 0 Å². The second-order valence-electron chi connectivity index (χ2n) is 0.282. The molecule has 0 aliphatic heterocycles. The number of hydrogen-bond donors (Lipinski definition) is 0. The summed E-state index contributed by atoms with van der Waals surface area (Å²) in [5.41, 5.74) is 0. The molecule has 0 bridgehead atoms. The monoisotopic (exact) mass is 112 g/mol. The molecular weight excluding hydrogens is 106 g/mol. The van der Waals surface area contributed by atoms with Gasteiger partial charge in [0.15, 0.2) is 0 Å². The second kappa shape index (κ2) is 3.95. The minimum atomic E-state index is -0.561. The summed E-state index contributed by atoms with van der Waals surface area (Å²) in [5.74, 6) is 0. The lowest BCUT2D eigenvalue weighted by Gasteiger charge is -1.55. The van der Waals surface area contributed by atoms with E-state index in [4.69, 9.17) is 1.28 Å². The van der Waals surface area contributed by atoms with Crippen LogP contribution in [0.1, 0.15) is 0 Å². The minimum Gasteiger partial charge on any atom is -0.0589 e. The fraction of sp³-hybridized carbons (Fsp3) is 1.00. The van der Waals surface area contributed by atoms with Crippen LogP contribution in [-0.4, -0.2) is 7.94 Å². The Bertz CT molecular complexity index is 36.6. The van der Waals surface area contributed by atoms with Crippen molar-refractivity contribution in [1.29, 1.82) is 1.28 Å². The predicted octanol–water partition coefficient (Wildman–Crippen LogP) is 1.62. The van der Waals surface area contributed by atoms with Gasteiger partial charge in [0.05, 0.1) is 1.28 Å². The van der Waals surface area contributed by atoms with Gasteiger partial charge in [0.25, 0.3) is 0 Å². The molecule has 4 heavy (non-hydrogen) atoms. The Morgan fingerprint density at radius 2 is 2.75 bits per heavy atom. The maximum absolute atomic E-state index is 6.77. The maximum Gasteiger partial charge on any atom is 0.0679 e. The van der Waals surface area contributed by atoms with E-state index in [1.807, 2.05) is 6.66 Å². The van der Waals surface area contributed by atoms with Crippen molar-refractivity contribution in [2.24, 2.45) is 0 Å². The van der Waals surface area contributed by atoms with Crippen molar-refractivity contribution < 1.29 is 0 Å². The van der Waals surface area contributed by atoms with Crippen molar-refractivity contribution >= 4 is 27.1 Å². The summed E-state index contributed by atoms with van der Waals surface area (Å²) in [7, 11) is 0.251. The highest BCUT2D eigenvalue weighted by Gasteiger charge is 1.47. The molecular formula is CH4P2S. The topological polar surface area (TPSA) is 0 Å². The normalized spacial score (nSPS) is 19.8. The molecule has 1 atom stereocenters. The van der Waals surface area contributed by atoms with E-state index in [9.17, 15) is 0 Å². The largest absolute Gasteiger partial charge is 0.0679 e. The van der Waals surface area contributed by atoms with E-state index in [0.29, 0.717) is 0 Å². The predicted molar refractivity (Wildman–Crippen MR) is 28.5 cm³/mol. The molecule has 0 amide bonds. The highest BCUT2D eigenvalue weighted by Crippen LogP contribution is 2.19. The highest BCUT2D eigenvalue weighted by molar-refractivity contribution is 8.30. The van der Waals surface area contributed by atoms with Crippen molar-refractivity contribution in [2.45, 2.75) is 0 Å². The molecule has 0 aromatic carbocycles. The zero-order valence-corrected chi connectivity index (χ0v) is 4.91. The minimum absolute atomic E-state index is 0.561. The van der Waals surface area contributed by atoms with E-state index in [1.54, 1.807) is 0 Å². The van der Waals surface area contributed by atoms with Gasteiger partial charge < -0.3 is 0 Å². The molecule has 0 nitrogen and oxygen atoms in total. The lowest BCUT2D eigenvalue weighted by Crippen LogP contribution is -1.04. The zero-order chi connectivity index (χ0) is 4.28. The fourth-order valence-electron chi connectivity index (χ4n) is 0. The van der Waals surface area contributed by atoms with E-state index < -0.39 is 8.21 Å². The van der Waals surface area contributed by atoms with Crippen LogP contribution in [0.4, 0.5) is 0 Å². The summed E-state index contributed by atoms with van der Waals surface area (Å²) in [6.45, 7) is 1.84. The van der Waals surface area contributed by atoms with Crippen LogP contribution < -0.4 is 0 Å². The Hall–Kier alpha value is 0.950. The van der Waals surface area contributed by atoms with Crippen LogP contribution >= 0.6 is 15.3 Å². The highest BCUT2D eigenvalue weighted by atomic mass is 32.6. The van der Waals surface area contributed by atoms with Crippen molar-refractivity contribution in [3.63, 3.8) is 0 Å². The summed E-state index contributed by atoms with van der Waals surface area (Å²) in [5, 5.41) is 0. The zero-order valence-electron chi connectivity index (χ0n) is 3.30. The van der Waals surface area contributed by atoms with E-state index in [0.717, 1.165) is 7.04 Å². The molecule has 0 saturated heterocycles. The van der Waals surface area contributed by atoms with Gasteiger partial charge in [0, 0.05) is 0 Å². The third-order valence-electron chi connectivity index (χ3n) is 0.0816. The second-order valence-corrected chi connectivity index (χ2v) is 4.00. The maximum atomic E-state index is 6.77. The van der Waals surface area contributed by atoms with Crippen molar-refractivity contribution in [3.8, 4) is 0 Å². The molecule has 0 rings (SSSR count). The Morgan fingerprint density at radius 1 is 2.50 bits per heavy atom. The van der Waals surface area contributed by atoms with Crippen LogP contribution in [0.2, 0.25) is 0 Å². The first-order valence-corrected chi connectivity index (χ1v) is 4.78. The Balaban J connectivity index is 2.83. The number of hydrogen-bond acceptors (Lipinski definition) is 1. The summed E-state index contributed by atoms with van der Waals surface area (Å²) >= 11 is 4.49. The van der Waals surface area contributed by atoms with Gasteiger partial charge in [0.1, 0.15) is 0 Å². The van der Waals surface area contributed by atoms with Crippen LogP contribution in [0.25, 0.3) is 0 Å². The van der Waals surface area contributed by atoms with Crippen LogP contribution in [0.3, 0.4) is 0 Å². The summed E-state index contributed by atoms with van der Waals surface area (Å²) in [6.07, 6.45) is 0. The molecule has 0 aromatic heterocycles. The summed E-state index contributed by atoms with van der Waals surface area (Å²) < 4.78 is 6.77. The van der Waals surface area contributed by atoms with Crippen LogP contribution in [0.15, 0.2) is 0 Å². The fourth-order valence-corrected chi connectivity index (χ4v) is 0. The molecule has 24 valence electrons. The molecule has 0 radical (unpaired) electrons. The van der Waals surface area contributed by atoms with E-state index in [2.05, 4.69) is 11.8 Å². The molecule has 0 saturated carbocycles. The van der Waals surface area contributed by atoms with Gasteiger partial charge in [0.2, 0.25) is 0 Å². The average molecular weight is 112 g/mol. The molecule has 0 fully saturated rings. The molecule has 0 aliphatic rings. The standard InChI is InChI=1S/CH4P2S/c1-2-3-4/h2H,1H3/i2T. The first kappa shape index (κ1) is 3.15. The van der Waals surface area contributed by atoms with Crippen molar-refractivity contribution in [1.82, 2.24) is 0 Å². The first-order valence-electron chi connectivity index (χ1n) is 1.28. The number of rotatable bonds is 1. The summed E-state index contributed by atoms with van der Waals surface area (Å²) in [4.78, 5) is 0. The van der Waals surface area contributed by atoms with Crippen molar-refractivity contribution in [2.75, 3.05) is 6.66 Å². The van der Waals surface area contributed by atoms with Gasteiger partial charge in [-0.05, 0) is 13.7 Å². The van der Waals surface area contributed by atoms with Gasteiger partial charge in [-0.1, -0.05) is 20.0 Å². The summed E-state index contributed by atoms with van der Waals surface area (Å²) in [6, 6.07) is 0. The van der Waals surface area contributed by atoms with E-state index >= 15 is 0 Å². The molecule has 0 heterocycles. The van der Waals surface area contributed by atoms with Crippen molar-refractivity contribution in [3.05, 3.63) is 0 Å². The van der Waals surface area contributed by atoms with Gasteiger partial charge in [-0.15, -0.1) is 0 Å². The van der Waals surface area contributed by atoms with E-state index in [-0.39, 0.29) is 0 Å². The van der Waals surface area contributed by atoms with Gasteiger partial charge in [-0.3, -0.25) is 0 Å². The van der Waals surface area contributed by atoms with Crippen LogP contribution in [0.5, 0.6) is 0 Å². The SMILES string of the molecule is [3H]P(C)P=S. The molecule has 1 unspecified atom stereocenters. The molecule has 0 N–H and O–H groups in total. The van der Waals surface area contributed by atoms with E-state index in [1.165, 1.54) is 0 Å². The van der Waals surface area contributed by atoms with Gasteiger partial charge >= 0.3 is 0 Å². The Kier molecular flexibility index (Phi) is 3.11. The lowest BCUT2D eigenvalue weighted by molar-refractivity contribution is 2.51. The molecule has 0 aromatic rings. The first-order chi connectivity index (χ1) is 2.27. The Morgan fingerprint density at radius 3 is 2.75 bits per heavy atom. The lowest BCUT2D eigenvalue weighted by atomic mass is 12.0. The molecule has 0 aliphatic carbocycles. The third-order valence-corrected chi connectivity index (χ3v) is 2.20. The smallest absolute Gasteiger partial charge is 0.0589 e. The quantitative estimate of drug-likeness (QED) is 0.464. The van der Waals surface area contributed by atoms with Crippen LogP contribution in [0, 0.1) is 0 Å².